The number of imidazole rings is 1. The van der Waals surface area contributed by atoms with Gasteiger partial charge < -0.3 is 9.47 Å². The Morgan fingerprint density at radius 1 is 0.906 bits per heavy atom. The van der Waals surface area contributed by atoms with Gasteiger partial charge in [-0.05, 0) is 40.7 Å². The van der Waals surface area contributed by atoms with Crippen LogP contribution in [0.5, 0.6) is 0 Å². The van der Waals surface area contributed by atoms with Crippen LogP contribution >= 0.6 is 0 Å². The molecule has 0 radical (unpaired) electrons. The first-order chi connectivity index (χ1) is 15.4. The highest BCUT2D eigenvalue weighted by Gasteiger charge is 2.23. The standard InChI is InChI=1S/C28H29N3O/c1-28(2,3)23-14-12-21(13-15-23)27-29-24-10-6-7-11-25(24)31(27)19-26(32)30-17-16-20-8-4-5-9-22(20)18-30/h4-15H,16-19H2,1-3H3. The Bertz CT molecular complexity index is 1280. The van der Waals surface area contributed by atoms with Gasteiger partial charge in [0.1, 0.15) is 12.4 Å². The largest absolute Gasteiger partial charge is 0.336 e. The highest BCUT2D eigenvalue weighted by molar-refractivity contribution is 5.84. The molecule has 0 saturated carbocycles. The van der Waals surface area contributed by atoms with Crippen molar-refractivity contribution in [2.75, 3.05) is 6.54 Å². The van der Waals surface area contributed by atoms with E-state index in [0.29, 0.717) is 13.1 Å². The first-order valence-corrected chi connectivity index (χ1v) is 11.3. The van der Waals surface area contributed by atoms with E-state index in [1.54, 1.807) is 0 Å². The monoisotopic (exact) mass is 423 g/mol. The van der Waals surface area contributed by atoms with Crippen molar-refractivity contribution >= 4 is 16.9 Å². The highest BCUT2D eigenvalue weighted by Crippen LogP contribution is 2.29. The van der Waals surface area contributed by atoms with Crippen molar-refractivity contribution in [3.63, 3.8) is 0 Å². The zero-order valence-corrected chi connectivity index (χ0v) is 19.0. The number of hydrogen-bond acceptors (Lipinski definition) is 2. The molecular weight excluding hydrogens is 394 g/mol. The molecular formula is C28H29N3O. The minimum Gasteiger partial charge on any atom is -0.336 e. The number of para-hydroxylation sites is 2. The van der Waals surface area contributed by atoms with Gasteiger partial charge in [0.15, 0.2) is 0 Å². The van der Waals surface area contributed by atoms with Crippen LogP contribution in [0.15, 0.2) is 72.8 Å². The minimum atomic E-state index is 0.0964. The van der Waals surface area contributed by atoms with Gasteiger partial charge in [-0.3, -0.25) is 4.79 Å². The zero-order chi connectivity index (χ0) is 22.3. The molecule has 3 aromatic carbocycles. The van der Waals surface area contributed by atoms with E-state index in [4.69, 9.17) is 4.98 Å². The van der Waals surface area contributed by atoms with Crippen LogP contribution in [-0.2, 0) is 29.7 Å². The Balaban J connectivity index is 1.48. The summed E-state index contributed by atoms with van der Waals surface area (Å²) in [7, 11) is 0. The number of rotatable bonds is 3. The molecule has 32 heavy (non-hydrogen) atoms. The summed E-state index contributed by atoms with van der Waals surface area (Å²) in [4.78, 5) is 20.2. The quantitative estimate of drug-likeness (QED) is 0.431. The number of carbonyl (C=O) groups is 1. The minimum absolute atomic E-state index is 0.0964. The van der Waals surface area contributed by atoms with Crippen molar-refractivity contribution in [2.24, 2.45) is 0 Å². The second kappa shape index (κ2) is 7.94. The third-order valence-corrected chi connectivity index (χ3v) is 6.44. The lowest BCUT2D eigenvalue weighted by Gasteiger charge is -2.29. The van der Waals surface area contributed by atoms with Gasteiger partial charge in [-0.25, -0.2) is 4.98 Å². The van der Waals surface area contributed by atoms with Gasteiger partial charge in [0.05, 0.1) is 11.0 Å². The summed E-state index contributed by atoms with van der Waals surface area (Å²) in [6.45, 7) is 8.38. The van der Waals surface area contributed by atoms with E-state index in [1.807, 2.05) is 29.2 Å². The van der Waals surface area contributed by atoms with Gasteiger partial charge in [0.2, 0.25) is 5.91 Å². The third kappa shape index (κ3) is 3.81. The molecule has 0 spiro atoms. The molecule has 0 bridgehead atoms. The first kappa shape index (κ1) is 20.5. The van der Waals surface area contributed by atoms with Crippen LogP contribution in [0.3, 0.4) is 0 Å². The Labute approximate surface area is 189 Å². The second-order valence-electron chi connectivity index (χ2n) is 9.67. The van der Waals surface area contributed by atoms with Gasteiger partial charge in [-0.1, -0.05) is 81.4 Å². The summed E-state index contributed by atoms with van der Waals surface area (Å²) in [5.41, 5.74) is 6.93. The molecule has 0 N–H and O–H groups in total. The van der Waals surface area contributed by atoms with Crippen molar-refractivity contribution < 1.29 is 4.79 Å². The maximum atomic E-state index is 13.4. The summed E-state index contributed by atoms with van der Waals surface area (Å²) in [6.07, 6.45) is 0.910. The summed E-state index contributed by atoms with van der Waals surface area (Å²) >= 11 is 0. The normalized spacial score (nSPS) is 13.9. The summed E-state index contributed by atoms with van der Waals surface area (Å²) < 4.78 is 2.07. The van der Waals surface area contributed by atoms with E-state index in [1.165, 1.54) is 16.7 Å². The lowest BCUT2D eigenvalue weighted by Crippen LogP contribution is -2.38. The molecule has 0 fully saturated rings. The predicted molar refractivity (Wildman–Crippen MR) is 129 cm³/mol. The maximum absolute atomic E-state index is 13.4. The fraction of sp³-hybridized carbons (Fsp3) is 0.286. The van der Waals surface area contributed by atoms with Crippen LogP contribution in [0.2, 0.25) is 0 Å². The zero-order valence-electron chi connectivity index (χ0n) is 19.0. The van der Waals surface area contributed by atoms with E-state index >= 15 is 0 Å². The Kier molecular flexibility index (Phi) is 5.09. The lowest BCUT2D eigenvalue weighted by atomic mass is 9.87. The lowest BCUT2D eigenvalue weighted by molar-refractivity contribution is -0.132. The SMILES string of the molecule is CC(C)(C)c1ccc(-c2nc3ccccc3n2CC(=O)N2CCc3ccccc3C2)cc1. The van der Waals surface area contributed by atoms with Crippen molar-refractivity contribution in [1.82, 2.24) is 14.5 Å². The predicted octanol–water partition coefficient (Wildman–Crippen LogP) is 5.59. The number of nitrogens with zero attached hydrogens (tertiary/aromatic N) is 3. The van der Waals surface area contributed by atoms with Crippen LogP contribution in [0.1, 0.15) is 37.5 Å². The number of amides is 1. The second-order valence-corrected chi connectivity index (χ2v) is 9.67. The van der Waals surface area contributed by atoms with Crippen LogP contribution in [0, 0.1) is 0 Å². The van der Waals surface area contributed by atoms with Crippen LogP contribution < -0.4 is 0 Å². The molecule has 1 aliphatic rings. The fourth-order valence-corrected chi connectivity index (χ4v) is 4.52. The molecule has 1 amide bonds. The van der Waals surface area contributed by atoms with Gasteiger partial charge in [-0.15, -0.1) is 0 Å². The van der Waals surface area contributed by atoms with Gasteiger partial charge in [0, 0.05) is 18.7 Å². The molecule has 0 unspecified atom stereocenters. The smallest absolute Gasteiger partial charge is 0.242 e. The molecule has 0 saturated heterocycles. The Hall–Kier alpha value is -3.40. The molecule has 4 aromatic rings. The van der Waals surface area contributed by atoms with E-state index in [-0.39, 0.29) is 11.3 Å². The summed E-state index contributed by atoms with van der Waals surface area (Å²) in [5, 5.41) is 0. The molecule has 5 rings (SSSR count). The number of fused-ring (bicyclic) bond motifs is 2. The van der Waals surface area contributed by atoms with Crippen molar-refractivity contribution in [3.8, 4) is 11.4 Å². The number of benzene rings is 3. The molecule has 162 valence electrons. The van der Waals surface area contributed by atoms with Gasteiger partial charge in [0.25, 0.3) is 0 Å². The van der Waals surface area contributed by atoms with Crippen LogP contribution in [0.4, 0.5) is 0 Å². The molecule has 1 aliphatic heterocycles. The molecule has 1 aromatic heterocycles. The number of carbonyl (C=O) groups excluding carboxylic acids is 1. The number of hydrogen-bond donors (Lipinski definition) is 0. The maximum Gasteiger partial charge on any atom is 0.242 e. The molecule has 4 heteroatoms. The molecule has 0 atom stereocenters. The summed E-state index contributed by atoms with van der Waals surface area (Å²) in [6, 6.07) is 25.1. The first-order valence-electron chi connectivity index (χ1n) is 11.3. The average molecular weight is 424 g/mol. The van der Waals surface area contributed by atoms with E-state index < -0.39 is 0 Å². The fourth-order valence-electron chi connectivity index (χ4n) is 4.52. The van der Waals surface area contributed by atoms with Crippen molar-refractivity contribution in [3.05, 3.63) is 89.5 Å². The topological polar surface area (TPSA) is 38.1 Å². The highest BCUT2D eigenvalue weighted by atomic mass is 16.2. The van der Waals surface area contributed by atoms with E-state index in [9.17, 15) is 4.79 Å². The van der Waals surface area contributed by atoms with Crippen LogP contribution in [0.25, 0.3) is 22.4 Å². The van der Waals surface area contributed by atoms with E-state index in [0.717, 1.165) is 35.4 Å². The van der Waals surface area contributed by atoms with Gasteiger partial charge >= 0.3 is 0 Å². The third-order valence-electron chi connectivity index (χ3n) is 6.44. The van der Waals surface area contributed by atoms with Crippen molar-refractivity contribution in [2.45, 2.75) is 45.7 Å². The molecule has 4 nitrogen and oxygen atoms in total. The average Bonchev–Trinajstić information content (AvgIpc) is 3.16. The van der Waals surface area contributed by atoms with Crippen molar-refractivity contribution in [1.29, 1.82) is 0 Å². The summed E-state index contributed by atoms with van der Waals surface area (Å²) in [5.74, 6) is 0.979. The molecule has 0 aliphatic carbocycles. The van der Waals surface area contributed by atoms with Gasteiger partial charge in [-0.2, -0.15) is 0 Å². The molecule has 2 heterocycles. The Morgan fingerprint density at radius 3 is 2.34 bits per heavy atom. The Morgan fingerprint density at radius 2 is 1.59 bits per heavy atom. The van der Waals surface area contributed by atoms with E-state index in [2.05, 4.69) is 73.9 Å². The number of aromatic nitrogens is 2. The van der Waals surface area contributed by atoms with Crippen LogP contribution in [-0.4, -0.2) is 26.9 Å².